The van der Waals surface area contributed by atoms with Crippen LogP contribution < -0.4 is 0 Å². The molecule has 5 aromatic carbocycles. The topological polar surface area (TPSA) is 12.9 Å². The second-order valence-corrected chi connectivity index (χ2v) is 8.86. The predicted octanol–water partition coefficient (Wildman–Crippen LogP) is 7.97. The highest BCUT2D eigenvalue weighted by atomic mass is 32.2. The Bertz CT molecular complexity index is 1690. The standard InChI is InChI=1S/C27H14FNS/c28-18-7-5-15-6-8-19-20-9-10-29-27-23-11-16-3-1-2-4-17(16)12-24(23)30-25(26(20)27)14-22(19)21(15)13-18/h1-14H. The molecule has 140 valence electrons. The van der Waals surface area contributed by atoms with Gasteiger partial charge in [-0.15, -0.1) is 0 Å². The Morgan fingerprint density at radius 2 is 1.47 bits per heavy atom. The summed E-state index contributed by atoms with van der Waals surface area (Å²) in [5.41, 5.74) is 2.21. The number of aromatic nitrogens is 1. The Morgan fingerprint density at radius 3 is 2.37 bits per heavy atom. The third-order valence-electron chi connectivity index (χ3n) is 6.11. The van der Waals surface area contributed by atoms with Gasteiger partial charge >= 0.3 is 0 Å². The Kier molecular flexibility index (Phi) is 3.17. The minimum atomic E-state index is -0.205. The van der Waals surface area contributed by atoms with Crippen molar-refractivity contribution in [3.63, 3.8) is 0 Å². The van der Waals surface area contributed by atoms with Crippen LogP contribution in [0.4, 0.5) is 4.39 Å². The number of pyridine rings is 1. The molecular weight excluding hydrogens is 389 g/mol. The summed E-state index contributed by atoms with van der Waals surface area (Å²) in [7, 11) is 0. The zero-order valence-corrected chi connectivity index (χ0v) is 16.6. The largest absolute Gasteiger partial charge is 0.256 e. The van der Waals surface area contributed by atoms with Gasteiger partial charge in [-0.25, -0.2) is 4.39 Å². The molecule has 2 heterocycles. The number of halogens is 1. The van der Waals surface area contributed by atoms with Crippen LogP contribution in [0.25, 0.3) is 54.3 Å². The van der Waals surface area contributed by atoms with Crippen LogP contribution in [0.15, 0.2) is 94.9 Å². The van der Waals surface area contributed by atoms with Gasteiger partial charge in [-0.3, -0.25) is 4.98 Å². The highest BCUT2D eigenvalue weighted by molar-refractivity contribution is 7.99. The van der Waals surface area contributed by atoms with Crippen LogP contribution in [0.5, 0.6) is 0 Å². The van der Waals surface area contributed by atoms with Gasteiger partial charge in [0.25, 0.3) is 0 Å². The van der Waals surface area contributed by atoms with Crippen molar-refractivity contribution in [3.8, 4) is 11.3 Å². The zero-order chi connectivity index (χ0) is 19.8. The van der Waals surface area contributed by atoms with E-state index in [2.05, 4.69) is 60.7 Å². The Balaban J connectivity index is 1.65. The maximum atomic E-state index is 14.1. The van der Waals surface area contributed by atoms with Crippen LogP contribution in [0.3, 0.4) is 0 Å². The average Bonchev–Trinajstić information content (AvgIpc) is 2.78. The van der Waals surface area contributed by atoms with Gasteiger partial charge in [0.1, 0.15) is 5.82 Å². The number of benzene rings is 5. The summed E-state index contributed by atoms with van der Waals surface area (Å²) in [5.74, 6) is -0.205. The lowest BCUT2D eigenvalue weighted by Gasteiger charge is -2.21. The normalized spacial score (nSPS) is 12.7. The first-order valence-corrected chi connectivity index (χ1v) is 10.7. The smallest absolute Gasteiger partial charge is 0.123 e. The van der Waals surface area contributed by atoms with Crippen molar-refractivity contribution in [2.75, 3.05) is 0 Å². The van der Waals surface area contributed by atoms with Crippen molar-refractivity contribution in [2.24, 2.45) is 0 Å². The Labute approximate surface area is 176 Å². The number of fused-ring (bicyclic) bond motifs is 7. The van der Waals surface area contributed by atoms with Crippen molar-refractivity contribution in [2.45, 2.75) is 9.79 Å². The zero-order valence-electron chi connectivity index (χ0n) is 15.8. The third kappa shape index (κ3) is 2.16. The molecule has 7 rings (SSSR count). The predicted molar refractivity (Wildman–Crippen MR) is 124 cm³/mol. The summed E-state index contributed by atoms with van der Waals surface area (Å²) in [6, 6.07) is 26.5. The highest BCUT2D eigenvalue weighted by Gasteiger charge is 2.22. The molecule has 0 N–H and O–H groups in total. The molecule has 0 radical (unpaired) electrons. The van der Waals surface area contributed by atoms with Crippen molar-refractivity contribution >= 4 is 54.9 Å². The SMILES string of the molecule is Fc1ccc2ccc3c4ccnc5c4c(cc3c2c1)Sc1cc2ccccc2cc1-5. The minimum absolute atomic E-state index is 0.205. The first-order valence-electron chi connectivity index (χ1n) is 9.91. The van der Waals surface area contributed by atoms with Crippen LogP contribution in [0.1, 0.15) is 0 Å². The molecule has 6 aromatic rings. The lowest BCUT2D eigenvalue weighted by Crippen LogP contribution is -1.97. The second kappa shape index (κ2) is 5.80. The van der Waals surface area contributed by atoms with E-state index in [0.29, 0.717) is 0 Å². The quantitative estimate of drug-likeness (QED) is 0.238. The van der Waals surface area contributed by atoms with Crippen molar-refractivity contribution in [1.82, 2.24) is 4.98 Å². The van der Waals surface area contributed by atoms with Gasteiger partial charge < -0.3 is 0 Å². The molecule has 0 fully saturated rings. The summed E-state index contributed by atoms with van der Waals surface area (Å²) < 4.78 is 14.1. The van der Waals surface area contributed by atoms with Crippen LogP contribution in [-0.4, -0.2) is 4.98 Å². The molecular formula is C27H14FNS. The summed E-state index contributed by atoms with van der Waals surface area (Å²) >= 11 is 1.78. The van der Waals surface area contributed by atoms with Crippen molar-refractivity contribution < 1.29 is 4.39 Å². The van der Waals surface area contributed by atoms with E-state index in [9.17, 15) is 4.39 Å². The van der Waals surface area contributed by atoms with Crippen molar-refractivity contribution in [3.05, 3.63) is 90.9 Å². The maximum absolute atomic E-state index is 14.1. The lowest BCUT2D eigenvalue weighted by molar-refractivity contribution is 0.630. The molecule has 0 atom stereocenters. The van der Waals surface area contributed by atoms with Crippen LogP contribution in [0.2, 0.25) is 0 Å². The van der Waals surface area contributed by atoms with E-state index in [1.54, 1.807) is 17.8 Å². The third-order valence-corrected chi connectivity index (χ3v) is 7.21. The molecule has 1 aliphatic rings. The fraction of sp³-hybridized carbons (Fsp3) is 0. The fourth-order valence-electron chi connectivity index (χ4n) is 4.74. The number of rotatable bonds is 0. The lowest BCUT2D eigenvalue weighted by atomic mass is 9.94. The summed E-state index contributed by atoms with van der Waals surface area (Å²) in [5, 5.41) is 9.04. The van der Waals surface area contributed by atoms with Crippen LogP contribution in [0, 0.1) is 5.82 Å². The summed E-state index contributed by atoms with van der Waals surface area (Å²) in [4.78, 5) is 7.19. The minimum Gasteiger partial charge on any atom is -0.256 e. The molecule has 30 heavy (non-hydrogen) atoms. The van der Waals surface area contributed by atoms with E-state index < -0.39 is 0 Å². The molecule has 1 aliphatic heterocycles. The van der Waals surface area contributed by atoms with Gasteiger partial charge in [0.2, 0.25) is 0 Å². The van der Waals surface area contributed by atoms with Gasteiger partial charge in [0.05, 0.1) is 5.69 Å². The number of hydrogen-bond acceptors (Lipinski definition) is 2. The Morgan fingerprint density at radius 1 is 0.633 bits per heavy atom. The highest BCUT2D eigenvalue weighted by Crippen LogP contribution is 2.50. The van der Waals surface area contributed by atoms with E-state index >= 15 is 0 Å². The number of nitrogens with zero attached hydrogens (tertiary/aromatic N) is 1. The van der Waals surface area contributed by atoms with Crippen LogP contribution in [-0.2, 0) is 0 Å². The second-order valence-electron chi connectivity index (χ2n) is 7.78. The first-order chi connectivity index (χ1) is 14.8. The van der Waals surface area contributed by atoms with E-state index in [1.807, 2.05) is 12.3 Å². The first kappa shape index (κ1) is 16.4. The molecule has 0 aliphatic carbocycles. The monoisotopic (exact) mass is 403 g/mol. The van der Waals surface area contributed by atoms with Crippen LogP contribution >= 0.6 is 11.8 Å². The molecule has 0 saturated carbocycles. The summed E-state index contributed by atoms with van der Waals surface area (Å²) in [6.07, 6.45) is 1.89. The van der Waals surface area contributed by atoms with Gasteiger partial charge in [0.15, 0.2) is 0 Å². The summed E-state index contributed by atoms with van der Waals surface area (Å²) in [6.45, 7) is 0. The molecule has 0 spiro atoms. The van der Waals surface area contributed by atoms with Gasteiger partial charge in [-0.05, 0) is 74.1 Å². The van der Waals surface area contributed by atoms with E-state index in [4.69, 9.17) is 4.98 Å². The molecule has 0 saturated heterocycles. The average molecular weight is 403 g/mol. The number of hydrogen-bond donors (Lipinski definition) is 0. The molecule has 0 unspecified atom stereocenters. The van der Waals surface area contributed by atoms with Gasteiger partial charge in [0, 0.05) is 26.9 Å². The maximum Gasteiger partial charge on any atom is 0.123 e. The fourth-order valence-corrected chi connectivity index (χ4v) is 5.91. The molecule has 0 amide bonds. The van der Waals surface area contributed by atoms with Gasteiger partial charge in [-0.2, -0.15) is 0 Å². The van der Waals surface area contributed by atoms with E-state index in [0.717, 1.165) is 27.2 Å². The Hall–Kier alpha value is -3.43. The van der Waals surface area contributed by atoms with E-state index in [-0.39, 0.29) is 5.82 Å². The van der Waals surface area contributed by atoms with Gasteiger partial charge in [-0.1, -0.05) is 54.2 Å². The molecule has 1 aromatic heterocycles. The molecule has 0 bridgehead atoms. The van der Waals surface area contributed by atoms with E-state index in [1.165, 1.54) is 43.0 Å². The molecule has 1 nitrogen and oxygen atoms in total. The van der Waals surface area contributed by atoms with Crippen molar-refractivity contribution in [1.29, 1.82) is 0 Å². The molecule has 3 heteroatoms.